The van der Waals surface area contributed by atoms with Gasteiger partial charge in [-0.05, 0) is 35.0 Å². The minimum atomic E-state index is -0.576. The molecule has 0 fully saturated rings. The van der Waals surface area contributed by atoms with Gasteiger partial charge in [0.2, 0.25) is 0 Å². The van der Waals surface area contributed by atoms with Gasteiger partial charge in [0.15, 0.2) is 5.69 Å². The lowest BCUT2D eigenvalue weighted by molar-refractivity contribution is 0.0949. The van der Waals surface area contributed by atoms with E-state index in [0.29, 0.717) is 23.2 Å². The Bertz CT molecular complexity index is 737. The molecule has 0 bridgehead atoms. The van der Waals surface area contributed by atoms with Crippen molar-refractivity contribution in [3.63, 3.8) is 0 Å². The van der Waals surface area contributed by atoms with Gasteiger partial charge in [-0.15, -0.1) is 0 Å². The minimum Gasteiger partial charge on any atom is -0.382 e. The van der Waals surface area contributed by atoms with Gasteiger partial charge in [0.25, 0.3) is 5.91 Å². The molecule has 1 aromatic carbocycles. The third-order valence-corrected chi connectivity index (χ3v) is 3.91. The lowest BCUT2D eigenvalue weighted by Gasteiger charge is -2.09. The number of carbonyl (C=O) groups excluding carboxylic acids is 1. The Labute approximate surface area is 134 Å². The Morgan fingerprint density at radius 1 is 1.50 bits per heavy atom. The molecule has 114 valence electrons. The van der Waals surface area contributed by atoms with Crippen molar-refractivity contribution in [2.24, 2.45) is 0 Å². The number of aryl methyl sites for hydroxylation is 1. The molecule has 0 aliphatic heterocycles. The van der Waals surface area contributed by atoms with E-state index < -0.39 is 5.82 Å². The highest BCUT2D eigenvalue weighted by Crippen LogP contribution is 2.18. The fourth-order valence-electron chi connectivity index (χ4n) is 1.81. The van der Waals surface area contributed by atoms with Crippen LogP contribution < -0.4 is 10.6 Å². The average Bonchev–Trinajstić information content (AvgIpc) is 2.83. The largest absolute Gasteiger partial charge is 0.382 e. The number of aromatic nitrogens is 2. The van der Waals surface area contributed by atoms with E-state index in [0.717, 1.165) is 5.69 Å². The lowest BCUT2D eigenvalue weighted by atomic mass is 10.2. The van der Waals surface area contributed by atoms with Crippen LogP contribution in [0, 0.1) is 24.1 Å². The Morgan fingerprint density at radius 2 is 2.27 bits per heavy atom. The molecule has 0 radical (unpaired) electrons. The van der Waals surface area contributed by atoms with Crippen LogP contribution in [0.2, 0.25) is 0 Å². The highest BCUT2D eigenvalue weighted by molar-refractivity contribution is 9.10. The topological polar surface area (TPSA) is 93.6 Å². The van der Waals surface area contributed by atoms with Gasteiger partial charge in [-0.1, -0.05) is 6.07 Å². The molecular formula is C14H13BrFN5O. The first kappa shape index (κ1) is 16.0. The van der Waals surface area contributed by atoms with Crippen LogP contribution in [0.25, 0.3) is 0 Å². The van der Waals surface area contributed by atoms with Crippen LogP contribution in [0.1, 0.15) is 21.7 Å². The number of amides is 1. The van der Waals surface area contributed by atoms with Crippen molar-refractivity contribution in [2.45, 2.75) is 6.92 Å². The maximum atomic E-state index is 13.4. The first-order valence-corrected chi connectivity index (χ1v) is 7.25. The summed E-state index contributed by atoms with van der Waals surface area (Å²) < 4.78 is 14.0. The molecule has 0 saturated heterocycles. The number of hydrogen-bond donors (Lipinski definition) is 3. The molecular weight excluding hydrogens is 353 g/mol. The third-order valence-electron chi connectivity index (χ3n) is 2.94. The number of hydrogen-bond acceptors (Lipinski definition) is 4. The molecule has 6 nitrogen and oxygen atoms in total. The summed E-state index contributed by atoms with van der Waals surface area (Å²) in [5.74, 6) is -0.898. The molecule has 1 aromatic heterocycles. The summed E-state index contributed by atoms with van der Waals surface area (Å²) in [7, 11) is 0. The molecule has 2 rings (SSSR count). The van der Waals surface area contributed by atoms with E-state index in [1.165, 1.54) is 12.1 Å². The summed E-state index contributed by atoms with van der Waals surface area (Å²) in [5, 5.41) is 21.1. The highest BCUT2D eigenvalue weighted by atomic mass is 79.9. The predicted molar refractivity (Wildman–Crippen MR) is 83.0 cm³/mol. The molecule has 8 heteroatoms. The van der Waals surface area contributed by atoms with Crippen LogP contribution in [0.4, 0.5) is 10.1 Å². The van der Waals surface area contributed by atoms with Gasteiger partial charge in [-0.25, -0.2) is 4.39 Å². The van der Waals surface area contributed by atoms with E-state index in [4.69, 9.17) is 5.26 Å². The monoisotopic (exact) mass is 365 g/mol. The smallest absolute Gasteiger partial charge is 0.273 e. The molecule has 0 saturated carbocycles. The van der Waals surface area contributed by atoms with E-state index in [1.807, 2.05) is 0 Å². The minimum absolute atomic E-state index is 0.0421. The molecule has 0 aliphatic rings. The van der Waals surface area contributed by atoms with Crippen LogP contribution in [0.15, 0.2) is 22.7 Å². The fourth-order valence-corrected chi connectivity index (χ4v) is 2.17. The highest BCUT2D eigenvalue weighted by Gasteiger charge is 2.15. The molecule has 1 heterocycles. The van der Waals surface area contributed by atoms with Gasteiger partial charge in [-0.2, -0.15) is 10.4 Å². The molecule has 3 N–H and O–H groups in total. The zero-order valence-corrected chi connectivity index (χ0v) is 13.3. The summed E-state index contributed by atoms with van der Waals surface area (Å²) in [5.41, 5.74) is 1.40. The second-order valence-corrected chi connectivity index (χ2v) is 5.26. The van der Waals surface area contributed by atoms with Gasteiger partial charge in [0.1, 0.15) is 17.4 Å². The number of anilines is 1. The summed E-state index contributed by atoms with van der Waals surface area (Å²) in [6.45, 7) is 2.45. The SMILES string of the molecule is Cc1[nH]nc(C(=O)NCCNc2cccc(F)c2C#N)c1Br. The summed E-state index contributed by atoms with van der Waals surface area (Å²) in [6, 6.07) is 6.15. The first-order valence-electron chi connectivity index (χ1n) is 6.45. The standard InChI is InChI=1S/C14H13BrFN5O/c1-8-12(15)13(21-20-8)14(22)19-6-5-18-11-4-2-3-10(16)9(11)7-17/h2-4,18H,5-6H2,1H3,(H,19,22)(H,20,21). The van der Waals surface area contributed by atoms with Crippen LogP contribution in [0.5, 0.6) is 0 Å². The average molecular weight is 366 g/mol. The van der Waals surface area contributed by atoms with Crippen molar-refractivity contribution in [1.29, 1.82) is 5.26 Å². The van der Waals surface area contributed by atoms with Crippen molar-refractivity contribution in [3.8, 4) is 6.07 Å². The Balaban J connectivity index is 1.88. The number of carbonyl (C=O) groups is 1. The Hall–Kier alpha value is -2.40. The number of H-pyrrole nitrogens is 1. The molecule has 2 aromatic rings. The third kappa shape index (κ3) is 3.43. The number of nitrogens with one attached hydrogen (secondary N) is 3. The predicted octanol–water partition coefficient (Wildman–Crippen LogP) is 2.33. The van der Waals surface area contributed by atoms with E-state index in [-0.39, 0.29) is 17.2 Å². The van der Waals surface area contributed by atoms with Crippen LogP contribution in [0.3, 0.4) is 0 Å². The van der Waals surface area contributed by atoms with E-state index >= 15 is 0 Å². The second-order valence-electron chi connectivity index (χ2n) is 4.47. The van der Waals surface area contributed by atoms with Crippen LogP contribution in [-0.4, -0.2) is 29.2 Å². The summed E-state index contributed by atoms with van der Waals surface area (Å²) >= 11 is 3.28. The van der Waals surface area contributed by atoms with Gasteiger partial charge in [-0.3, -0.25) is 9.89 Å². The number of benzene rings is 1. The molecule has 1 amide bonds. The van der Waals surface area contributed by atoms with Crippen LogP contribution in [-0.2, 0) is 0 Å². The normalized spacial score (nSPS) is 10.1. The van der Waals surface area contributed by atoms with E-state index in [2.05, 4.69) is 36.8 Å². The zero-order valence-electron chi connectivity index (χ0n) is 11.7. The van der Waals surface area contributed by atoms with E-state index in [1.54, 1.807) is 19.1 Å². The summed E-state index contributed by atoms with van der Waals surface area (Å²) in [6.07, 6.45) is 0. The number of nitrogens with zero attached hydrogens (tertiary/aromatic N) is 2. The molecule has 0 atom stereocenters. The maximum absolute atomic E-state index is 13.4. The number of nitriles is 1. The van der Waals surface area contributed by atoms with Gasteiger partial charge < -0.3 is 10.6 Å². The van der Waals surface area contributed by atoms with Crippen molar-refractivity contribution in [3.05, 3.63) is 45.4 Å². The van der Waals surface area contributed by atoms with Gasteiger partial charge in [0.05, 0.1) is 10.2 Å². The Kier molecular flexibility index (Phi) is 5.12. The van der Waals surface area contributed by atoms with Crippen molar-refractivity contribution in [1.82, 2.24) is 15.5 Å². The lowest BCUT2D eigenvalue weighted by Crippen LogP contribution is -2.29. The molecule has 0 unspecified atom stereocenters. The Morgan fingerprint density at radius 3 is 2.91 bits per heavy atom. The maximum Gasteiger partial charge on any atom is 0.273 e. The van der Waals surface area contributed by atoms with Gasteiger partial charge in [0, 0.05) is 18.8 Å². The van der Waals surface area contributed by atoms with Gasteiger partial charge >= 0.3 is 0 Å². The van der Waals surface area contributed by atoms with E-state index in [9.17, 15) is 9.18 Å². The fraction of sp³-hybridized carbons (Fsp3) is 0.214. The van der Waals surface area contributed by atoms with Crippen LogP contribution >= 0.6 is 15.9 Å². The number of halogens is 2. The van der Waals surface area contributed by atoms with Crippen molar-refractivity contribution < 1.29 is 9.18 Å². The number of rotatable bonds is 5. The molecule has 22 heavy (non-hydrogen) atoms. The molecule has 0 aliphatic carbocycles. The quantitative estimate of drug-likeness (QED) is 0.708. The zero-order chi connectivity index (χ0) is 16.1. The second kappa shape index (κ2) is 7.04. The molecule has 0 spiro atoms. The van der Waals surface area contributed by atoms with Crippen molar-refractivity contribution >= 4 is 27.5 Å². The first-order chi connectivity index (χ1) is 10.5. The van der Waals surface area contributed by atoms with Crippen molar-refractivity contribution in [2.75, 3.05) is 18.4 Å². The summed E-state index contributed by atoms with van der Waals surface area (Å²) in [4.78, 5) is 11.9. The number of aromatic amines is 1.